The SMILES string of the molecule is COCCNc1ccc(C(=O)O[C@H](C)C(=O)N[C@H]2CCC[C@@H](C)[C@H]2C)cc1[N+](=O)[O-]. The van der Waals surface area contributed by atoms with Crippen LogP contribution in [-0.4, -0.2) is 49.2 Å². The molecule has 0 heterocycles. The van der Waals surface area contributed by atoms with Gasteiger partial charge in [0.05, 0.1) is 17.1 Å². The van der Waals surface area contributed by atoms with Crippen LogP contribution in [0.4, 0.5) is 11.4 Å². The summed E-state index contributed by atoms with van der Waals surface area (Å²) in [6.45, 7) is 6.56. The first-order valence-electron chi connectivity index (χ1n) is 10.3. The lowest BCUT2D eigenvalue weighted by atomic mass is 9.78. The van der Waals surface area contributed by atoms with Gasteiger partial charge in [0.25, 0.3) is 11.6 Å². The average molecular weight is 421 g/mol. The lowest BCUT2D eigenvalue weighted by molar-refractivity contribution is -0.384. The fourth-order valence-electron chi connectivity index (χ4n) is 3.61. The molecule has 9 heteroatoms. The highest BCUT2D eigenvalue weighted by Crippen LogP contribution is 2.29. The van der Waals surface area contributed by atoms with Crippen LogP contribution in [0.25, 0.3) is 0 Å². The number of amides is 1. The second-order valence-corrected chi connectivity index (χ2v) is 7.84. The molecule has 0 unspecified atom stereocenters. The molecule has 1 fully saturated rings. The van der Waals surface area contributed by atoms with E-state index in [1.165, 1.54) is 26.2 Å². The van der Waals surface area contributed by atoms with Crippen molar-refractivity contribution < 1.29 is 24.0 Å². The van der Waals surface area contributed by atoms with E-state index >= 15 is 0 Å². The van der Waals surface area contributed by atoms with Crippen molar-refractivity contribution in [1.29, 1.82) is 0 Å². The Hall–Kier alpha value is -2.68. The summed E-state index contributed by atoms with van der Waals surface area (Å²) in [5, 5.41) is 17.2. The number of ether oxygens (including phenoxy) is 2. The molecule has 0 saturated heterocycles. The molecule has 2 rings (SSSR count). The van der Waals surface area contributed by atoms with Gasteiger partial charge >= 0.3 is 5.97 Å². The number of hydrogen-bond donors (Lipinski definition) is 2. The van der Waals surface area contributed by atoms with Crippen LogP contribution in [0.2, 0.25) is 0 Å². The molecule has 30 heavy (non-hydrogen) atoms. The molecule has 0 aromatic heterocycles. The number of carbonyl (C=O) groups is 2. The zero-order valence-corrected chi connectivity index (χ0v) is 18.0. The third-order valence-corrected chi connectivity index (χ3v) is 5.74. The normalized spacial score (nSPS) is 22.1. The van der Waals surface area contributed by atoms with Crippen LogP contribution in [0.5, 0.6) is 0 Å². The molecule has 1 aliphatic rings. The molecular weight excluding hydrogens is 390 g/mol. The van der Waals surface area contributed by atoms with Crippen molar-refractivity contribution in [2.75, 3.05) is 25.6 Å². The van der Waals surface area contributed by atoms with Crippen molar-refractivity contribution >= 4 is 23.3 Å². The van der Waals surface area contributed by atoms with Crippen LogP contribution in [0.15, 0.2) is 18.2 Å². The van der Waals surface area contributed by atoms with Crippen LogP contribution in [0, 0.1) is 22.0 Å². The predicted octanol–water partition coefficient (Wildman–Crippen LogP) is 3.14. The lowest BCUT2D eigenvalue weighted by Gasteiger charge is -2.35. The summed E-state index contributed by atoms with van der Waals surface area (Å²) >= 11 is 0. The van der Waals surface area contributed by atoms with Crippen molar-refractivity contribution in [3.8, 4) is 0 Å². The Labute approximate surface area is 176 Å². The monoisotopic (exact) mass is 421 g/mol. The number of methoxy groups -OCH3 is 1. The largest absolute Gasteiger partial charge is 0.449 e. The van der Waals surface area contributed by atoms with Gasteiger partial charge in [-0.1, -0.05) is 26.7 Å². The molecule has 0 radical (unpaired) electrons. The zero-order valence-electron chi connectivity index (χ0n) is 18.0. The van der Waals surface area contributed by atoms with Gasteiger partial charge < -0.3 is 20.1 Å². The van der Waals surface area contributed by atoms with E-state index in [4.69, 9.17) is 9.47 Å². The maximum absolute atomic E-state index is 12.5. The fourth-order valence-corrected chi connectivity index (χ4v) is 3.61. The summed E-state index contributed by atoms with van der Waals surface area (Å²) in [5.41, 5.74) is 0.0424. The molecule has 2 N–H and O–H groups in total. The van der Waals surface area contributed by atoms with Gasteiger partial charge in [-0.05, 0) is 37.3 Å². The highest BCUT2D eigenvalue weighted by molar-refractivity contribution is 5.93. The number of esters is 1. The van der Waals surface area contributed by atoms with Crippen LogP contribution >= 0.6 is 0 Å². The first kappa shape index (κ1) is 23.6. The predicted molar refractivity (Wildman–Crippen MR) is 112 cm³/mol. The van der Waals surface area contributed by atoms with E-state index in [9.17, 15) is 19.7 Å². The van der Waals surface area contributed by atoms with Crippen LogP contribution in [0.1, 0.15) is 50.4 Å². The summed E-state index contributed by atoms with van der Waals surface area (Å²) < 4.78 is 10.2. The molecule has 1 saturated carbocycles. The Kier molecular flexibility index (Phi) is 8.58. The standard InChI is InChI=1S/C21H31N3O6/c1-13-6-5-7-17(14(13)2)23-20(25)15(3)30-21(26)16-8-9-18(22-10-11-29-4)19(12-16)24(27)28/h8-9,12-15,17,22H,5-7,10-11H2,1-4H3,(H,23,25)/t13-,14-,15-,17+/m1/s1. The number of carbonyl (C=O) groups excluding carboxylic acids is 2. The van der Waals surface area contributed by atoms with E-state index in [0.29, 0.717) is 25.0 Å². The number of nitrogens with zero attached hydrogens (tertiary/aromatic N) is 1. The Morgan fingerprint density at radius 2 is 2.03 bits per heavy atom. The first-order chi connectivity index (χ1) is 14.2. The summed E-state index contributed by atoms with van der Waals surface area (Å²) in [5.74, 6) is -0.263. The van der Waals surface area contributed by atoms with Crippen LogP contribution in [0.3, 0.4) is 0 Å². The minimum absolute atomic E-state index is 0.0123. The van der Waals surface area contributed by atoms with E-state index in [-0.39, 0.29) is 28.9 Å². The highest BCUT2D eigenvalue weighted by atomic mass is 16.6. The van der Waals surface area contributed by atoms with E-state index < -0.39 is 17.0 Å². The van der Waals surface area contributed by atoms with Gasteiger partial charge in [0, 0.05) is 25.8 Å². The van der Waals surface area contributed by atoms with Crippen molar-refractivity contribution in [1.82, 2.24) is 5.32 Å². The van der Waals surface area contributed by atoms with Gasteiger partial charge in [-0.2, -0.15) is 0 Å². The minimum atomic E-state index is -1.000. The van der Waals surface area contributed by atoms with E-state index in [2.05, 4.69) is 24.5 Å². The second kappa shape index (κ2) is 10.9. The fraction of sp³-hybridized carbons (Fsp3) is 0.619. The van der Waals surface area contributed by atoms with Gasteiger partial charge in [-0.3, -0.25) is 14.9 Å². The smallest absolute Gasteiger partial charge is 0.339 e. The van der Waals surface area contributed by atoms with E-state index in [1.807, 2.05) is 0 Å². The average Bonchev–Trinajstić information content (AvgIpc) is 2.71. The van der Waals surface area contributed by atoms with Gasteiger partial charge in [0.15, 0.2) is 6.10 Å². The number of rotatable bonds is 9. The van der Waals surface area contributed by atoms with Crippen molar-refractivity contribution in [3.05, 3.63) is 33.9 Å². The van der Waals surface area contributed by atoms with Crippen molar-refractivity contribution in [3.63, 3.8) is 0 Å². The maximum atomic E-state index is 12.5. The molecule has 1 aliphatic carbocycles. The Morgan fingerprint density at radius 1 is 1.30 bits per heavy atom. The Bertz CT molecular complexity index is 769. The summed E-state index contributed by atoms with van der Waals surface area (Å²) in [6, 6.07) is 4.08. The molecule has 1 amide bonds. The molecule has 4 atom stereocenters. The zero-order chi connectivity index (χ0) is 22.3. The summed E-state index contributed by atoms with van der Waals surface area (Å²) in [4.78, 5) is 35.7. The topological polar surface area (TPSA) is 120 Å². The number of nitrogens with one attached hydrogen (secondary N) is 2. The Balaban J connectivity index is 2.01. The number of anilines is 1. The van der Waals surface area contributed by atoms with Crippen molar-refractivity contribution in [2.45, 2.75) is 52.2 Å². The minimum Gasteiger partial charge on any atom is -0.449 e. The molecule has 0 spiro atoms. The highest BCUT2D eigenvalue weighted by Gasteiger charge is 2.30. The van der Waals surface area contributed by atoms with E-state index in [0.717, 1.165) is 25.3 Å². The van der Waals surface area contributed by atoms with Gasteiger partial charge in [0.1, 0.15) is 5.69 Å². The molecule has 9 nitrogen and oxygen atoms in total. The van der Waals surface area contributed by atoms with E-state index in [1.54, 1.807) is 0 Å². The first-order valence-corrected chi connectivity index (χ1v) is 10.3. The number of benzene rings is 1. The third kappa shape index (κ3) is 6.16. The molecule has 0 aliphatic heterocycles. The number of nitro groups is 1. The van der Waals surface area contributed by atoms with Gasteiger partial charge in [0.2, 0.25) is 0 Å². The molecule has 0 bridgehead atoms. The molecule has 1 aromatic carbocycles. The van der Waals surface area contributed by atoms with Crippen LogP contribution in [-0.2, 0) is 14.3 Å². The van der Waals surface area contributed by atoms with Gasteiger partial charge in [-0.15, -0.1) is 0 Å². The number of nitro benzene ring substituents is 1. The number of hydrogen-bond acceptors (Lipinski definition) is 7. The second-order valence-electron chi connectivity index (χ2n) is 7.84. The van der Waals surface area contributed by atoms with Crippen LogP contribution < -0.4 is 10.6 Å². The molecule has 166 valence electrons. The third-order valence-electron chi connectivity index (χ3n) is 5.74. The molecular formula is C21H31N3O6. The summed E-state index contributed by atoms with van der Waals surface area (Å²) in [6.07, 6.45) is 2.11. The van der Waals surface area contributed by atoms with Crippen molar-refractivity contribution in [2.24, 2.45) is 11.8 Å². The summed E-state index contributed by atoms with van der Waals surface area (Å²) in [7, 11) is 1.53. The molecule has 1 aromatic rings. The lowest BCUT2D eigenvalue weighted by Crippen LogP contribution is -2.47. The Morgan fingerprint density at radius 3 is 2.70 bits per heavy atom. The quantitative estimate of drug-likeness (QED) is 0.272. The van der Waals surface area contributed by atoms with Gasteiger partial charge in [-0.25, -0.2) is 4.79 Å². The maximum Gasteiger partial charge on any atom is 0.339 e.